The van der Waals surface area contributed by atoms with Gasteiger partial charge in [0, 0.05) is 0 Å². The molecule has 0 aliphatic carbocycles. The summed E-state index contributed by atoms with van der Waals surface area (Å²) in [5.41, 5.74) is 11.1. The maximum absolute atomic E-state index is 6.34. The molecule has 0 radical (unpaired) electrons. The molecule has 2 heteroatoms. The summed E-state index contributed by atoms with van der Waals surface area (Å²) in [4.78, 5) is 0. The maximum atomic E-state index is 6.34. The zero-order chi connectivity index (χ0) is 13.1. The summed E-state index contributed by atoms with van der Waals surface area (Å²) in [5.74, 6) is 0.854. The molecule has 0 aliphatic heterocycles. The Labute approximate surface area is 108 Å². The fraction of sp³-hybridized carbons (Fsp3) is 0.250. The number of hydrogen-bond acceptors (Lipinski definition) is 2. The normalized spacial score (nSPS) is 12.2. The predicted molar refractivity (Wildman–Crippen MR) is 74.9 cm³/mol. The summed E-state index contributed by atoms with van der Waals surface area (Å²) in [6.07, 6.45) is 0. The highest BCUT2D eigenvalue weighted by molar-refractivity contribution is 5.40. The summed E-state index contributed by atoms with van der Waals surface area (Å²) in [7, 11) is 1.67. The SMILES string of the molecule is COc1ccc(C(N)c2cc(C)ccc2C)cc1. The first-order valence-electron chi connectivity index (χ1n) is 6.08. The molecule has 0 spiro atoms. The Morgan fingerprint density at radius 1 is 1.00 bits per heavy atom. The van der Waals surface area contributed by atoms with E-state index in [4.69, 9.17) is 10.5 Å². The Morgan fingerprint density at radius 2 is 1.67 bits per heavy atom. The molecule has 18 heavy (non-hydrogen) atoms. The van der Waals surface area contributed by atoms with Gasteiger partial charge in [-0.2, -0.15) is 0 Å². The third-order valence-electron chi connectivity index (χ3n) is 3.24. The molecule has 2 rings (SSSR count). The largest absolute Gasteiger partial charge is 0.497 e. The number of aryl methyl sites for hydroxylation is 2. The molecule has 0 heterocycles. The molecule has 0 saturated carbocycles. The van der Waals surface area contributed by atoms with Crippen molar-refractivity contribution in [2.75, 3.05) is 7.11 Å². The van der Waals surface area contributed by atoms with Crippen LogP contribution in [0.5, 0.6) is 5.75 Å². The molecule has 1 unspecified atom stereocenters. The van der Waals surface area contributed by atoms with E-state index in [1.807, 2.05) is 24.3 Å². The van der Waals surface area contributed by atoms with Gasteiger partial charge in [0.2, 0.25) is 0 Å². The topological polar surface area (TPSA) is 35.2 Å². The maximum Gasteiger partial charge on any atom is 0.118 e. The number of benzene rings is 2. The lowest BCUT2D eigenvalue weighted by Gasteiger charge is -2.16. The smallest absolute Gasteiger partial charge is 0.118 e. The lowest BCUT2D eigenvalue weighted by atomic mass is 9.94. The first-order valence-corrected chi connectivity index (χ1v) is 6.08. The monoisotopic (exact) mass is 241 g/mol. The summed E-state index contributed by atoms with van der Waals surface area (Å²) in [6.45, 7) is 4.18. The van der Waals surface area contributed by atoms with Gasteiger partial charge >= 0.3 is 0 Å². The second-order valence-corrected chi connectivity index (χ2v) is 4.61. The predicted octanol–water partition coefficient (Wildman–Crippen LogP) is 3.36. The van der Waals surface area contributed by atoms with E-state index >= 15 is 0 Å². The second kappa shape index (κ2) is 5.23. The molecule has 2 aromatic carbocycles. The van der Waals surface area contributed by atoms with Crippen molar-refractivity contribution in [3.05, 3.63) is 64.7 Å². The minimum Gasteiger partial charge on any atom is -0.497 e. The average molecular weight is 241 g/mol. The summed E-state index contributed by atoms with van der Waals surface area (Å²) in [5, 5.41) is 0. The molecule has 0 bridgehead atoms. The van der Waals surface area contributed by atoms with Crippen LogP contribution in [0.2, 0.25) is 0 Å². The highest BCUT2D eigenvalue weighted by Crippen LogP contribution is 2.25. The van der Waals surface area contributed by atoms with E-state index in [1.165, 1.54) is 16.7 Å². The molecule has 0 aromatic heterocycles. The molecule has 0 saturated heterocycles. The number of ether oxygens (including phenoxy) is 1. The van der Waals surface area contributed by atoms with E-state index in [-0.39, 0.29) is 6.04 Å². The number of methoxy groups -OCH3 is 1. The van der Waals surface area contributed by atoms with Gasteiger partial charge in [0.15, 0.2) is 0 Å². The standard InChI is InChI=1S/C16H19NO/c1-11-4-5-12(2)15(10-11)16(17)13-6-8-14(18-3)9-7-13/h4-10,16H,17H2,1-3H3. The lowest BCUT2D eigenvalue weighted by molar-refractivity contribution is 0.414. The van der Waals surface area contributed by atoms with E-state index in [1.54, 1.807) is 7.11 Å². The minimum absolute atomic E-state index is 0.0872. The fourth-order valence-corrected chi connectivity index (χ4v) is 2.09. The number of rotatable bonds is 3. The van der Waals surface area contributed by atoms with E-state index in [0.717, 1.165) is 11.3 Å². The Kier molecular flexibility index (Phi) is 3.68. The van der Waals surface area contributed by atoms with Crippen molar-refractivity contribution in [2.45, 2.75) is 19.9 Å². The van der Waals surface area contributed by atoms with Gasteiger partial charge < -0.3 is 10.5 Å². The van der Waals surface area contributed by atoms with Crippen LogP contribution in [-0.4, -0.2) is 7.11 Å². The zero-order valence-electron chi connectivity index (χ0n) is 11.1. The van der Waals surface area contributed by atoms with Crippen LogP contribution < -0.4 is 10.5 Å². The Morgan fingerprint density at radius 3 is 2.28 bits per heavy atom. The van der Waals surface area contributed by atoms with Gasteiger partial charge in [-0.05, 0) is 42.7 Å². The molecule has 2 nitrogen and oxygen atoms in total. The lowest BCUT2D eigenvalue weighted by Crippen LogP contribution is -2.13. The molecule has 0 amide bonds. The van der Waals surface area contributed by atoms with E-state index < -0.39 is 0 Å². The van der Waals surface area contributed by atoms with Crippen LogP contribution in [0.1, 0.15) is 28.3 Å². The highest BCUT2D eigenvalue weighted by atomic mass is 16.5. The molecular formula is C16H19NO. The number of nitrogens with two attached hydrogens (primary N) is 1. The van der Waals surface area contributed by atoms with Crippen LogP contribution in [0, 0.1) is 13.8 Å². The highest BCUT2D eigenvalue weighted by Gasteiger charge is 2.11. The van der Waals surface area contributed by atoms with Crippen LogP contribution in [0.4, 0.5) is 0 Å². The summed E-state index contributed by atoms with van der Waals surface area (Å²) >= 11 is 0. The van der Waals surface area contributed by atoms with E-state index in [9.17, 15) is 0 Å². The van der Waals surface area contributed by atoms with Crippen molar-refractivity contribution in [1.29, 1.82) is 0 Å². The van der Waals surface area contributed by atoms with Crippen molar-refractivity contribution in [1.82, 2.24) is 0 Å². The van der Waals surface area contributed by atoms with Crippen molar-refractivity contribution >= 4 is 0 Å². The third kappa shape index (κ3) is 2.54. The van der Waals surface area contributed by atoms with Gasteiger partial charge in [0.05, 0.1) is 13.2 Å². The van der Waals surface area contributed by atoms with Crippen molar-refractivity contribution in [2.24, 2.45) is 5.73 Å². The van der Waals surface area contributed by atoms with Gasteiger partial charge in [-0.15, -0.1) is 0 Å². The van der Waals surface area contributed by atoms with Crippen LogP contribution in [0.3, 0.4) is 0 Å². The molecule has 1 atom stereocenters. The van der Waals surface area contributed by atoms with Gasteiger partial charge in [0.1, 0.15) is 5.75 Å². The average Bonchev–Trinajstić information content (AvgIpc) is 2.41. The zero-order valence-corrected chi connectivity index (χ0v) is 11.1. The Balaban J connectivity index is 2.34. The Hall–Kier alpha value is -1.80. The first kappa shape index (κ1) is 12.7. The van der Waals surface area contributed by atoms with Crippen LogP contribution in [0.25, 0.3) is 0 Å². The first-order chi connectivity index (χ1) is 8.61. The fourth-order valence-electron chi connectivity index (χ4n) is 2.09. The summed E-state index contributed by atoms with van der Waals surface area (Å²) < 4.78 is 5.16. The van der Waals surface area contributed by atoms with E-state index in [0.29, 0.717) is 0 Å². The van der Waals surface area contributed by atoms with Gasteiger partial charge in [-0.3, -0.25) is 0 Å². The number of hydrogen-bond donors (Lipinski definition) is 1. The van der Waals surface area contributed by atoms with Crippen molar-refractivity contribution in [3.63, 3.8) is 0 Å². The van der Waals surface area contributed by atoms with Gasteiger partial charge in [0.25, 0.3) is 0 Å². The van der Waals surface area contributed by atoms with Crippen LogP contribution >= 0.6 is 0 Å². The quantitative estimate of drug-likeness (QED) is 0.894. The van der Waals surface area contributed by atoms with Crippen LogP contribution in [-0.2, 0) is 0 Å². The molecule has 0 fully saturated rings. The summed E-state index contributed by atoms with van der Waals surface area (Å²) in [6, 6.07) is 14.2. The molecule has 2 aromatic rings. The molecular weight excluding hydrogens is 222 g/mol. The molecule has 2 N–H and O–H groups in total. The Bertz CT molecular complexity index is 531. The van der Waals surface area contributed by atoms with E-state index in [2.05, 4.69) is 32.0 Å². The van der Waals surface area contributed by atoms with Crippen molar-refractivity contribution in [3.8, 4) is 5.75 Å². The van der Waals surface area contributed by atoms with Gasteiger partial charge in [-0.25, -0.2) is 0 Å². The molecule has 0 aliphatic rings. The molecule has 94 valence electrons. The van der Waals surface area contributed by atoms with Crippen molar-refractivity contribution < 1.29 is 4.74 Å². The van der Waals surface area contributed by atoms with Gasteiger partial charge in [-0.1, -0.05) is 35.9 Å². The second-order valence-electron chi connectivity index (χ2n) is 4.61. The minimum atomic E-state index is -0.0872. The third-order valence-corrected chi connectivity index (χ3v) is 3.24. The van der Waals surface area contributed by atoms with Crippen LogP contribution in [0.15, 0.2) is 42.5 Å².